The second kappa shape index (κ2) is 6.68. The van der Waals surface area contributed by atoms with Gasteiger partial charge in [-0.05, 0) is 24.5 Å². The topological polar surface area (TPSA) is 75.2 Å². The van der Waals surface area contributed by atoms with Crippen molar-refractivity contribution in [2.45, 2.75) is 18.3 Å². The van der Waals surface area contributed by atoms with Gasteiger partial charge in [0, 0.05) is 18.9 Å². The molecular formula is C17H17BClFN4O2. The maximum absolute atomic E-state index is 12.8. The highest BCUT2D eigenvalue weighted by Gasteiger charge is 2.51. The number of hydrogen-bond donors (Lipinski definition) is 1. The molecule has 0 unspecified atom stereocenters. The maximum atomic E-state index is 12.8. The minimum Gasteiger partial charge on any atom is -0.328 e. The molecule has 1 fully saturated rings. The minimum atomic E-state index is -0.587. The molecule has 6 nitrogen and oxygen atoms in total. The Bertz CT molecular complexity index is 880. The molecule has 1 saturated carbocycles. The molecule has 2 radical (unpaired) electrons. The lowest BCUT2D eigenvalue weighted by atomic mass is 9.82. The molecule has 1 aliphatic carbocycles. The smallest absolute Gasteiger partial charge is 0.254 e. The molecule has 2 heterocycles. The van der Waals surface area contributed by atoms with Gasteiger partial charge in [-0.1, -0.05) is 17.6 Å². The molecule has 2 aromatic rings. The van der Waals surface area contributed by atoms with Crippen molar-refractivity contribution in [2.24, 2.45) is 0 Å². The lowest BCUT2D eigenvalue weighted by Gasteiger charge is -2.34. The molecule has 1 spiro atoms. The van der Waals surface area contributed by atoms with Crippen LogP contribution in [-0.4, -0.2) is 47.6 Å². The predicted octanol–water partition coefficient (Wildman–Crippen LogP) is 1.20. The van der Waals surface area contributed by atoms with E-state index in [1.807, 2.05) is 6.07 Å². The highest BCUT2D eigenvalue weighted by atomic mass is 35.5. The van der Waals surface area contributed by atoms with Crippen LogP contribution in [0.5, 0.6) is 0 Å². The van der Waals surface area contributed by atoms with E-state index in [-0.39, 0.29) is 37.6 Å². The highest BCUT2D eigenvalue weighted by molar-refractivity contribution is 6.32. The van der Waals surface area contributed by atoms with Gasteiger partial charge in [0.1, 0.15) is 14.4 Å². The number of hydrogen-bond acceptors (Lipinski definition) is 4. The van der Waals surface area contributed by atoms with Gasteiger partial charge in [0.15, 0.2) is 5.82 Å². The first-order chi connectivity index (χ1) is 12.0. The van der Waals surface area contributed by atoms with Gasteiger partial charge >= 0.3 is 0 Å². The molecule has 1 N–H and O–H groups in total. The Morgan fingerprint density at radius 3 is 2.69 bits per heavy atom. The molecule has 26 heavy (non-hydrogen) atoms. The van der Waals surface area contributed by atoms with Gasteiger partial charge < -0.3 is 4.90 Å². The Balaban J connectivity index is 0.00000131. The van der Waals surface area contributed by atoms with Crippen LogP contribution in [0.15, 0.2) is 30.6 Å². The zero-order valence-electron chi connectivity index (χ0n) is 13.7. The second-order valence-electron chi connectivity index (χ2n) is 6.52. The van der Waals surface area contributed by atoms with Crippen LogP contribution in [0.3, 0.4) is 0 Å². The van der Waals surface area contributed by atoms with E-state index in [0.717, 1.165) is 30.8 Å². The van der Waals surface area contributed by atoms with Crippen LogP contribution in [0.2, 0.25) is 0 Å². The Morgan fingerprint density at radius 2 is 2.04 bits per heavy atom. The normalized spacial score (nSPS) is 16.7. The Hall–Kier alpha value is -2.48. The standard InChI is InChI=1S/C17H14BFN4O2.ClH.H2/c18-10-1-2-12-13(5-10)17(3-4-17)9-23(15(12)25)8-14(24)22-16-20-6-11(19)7-21-16;;/h1-2,5-7H,3-4,8-9H2,(H,20,21,22,24);2*1H. The summed E-state index contributed by atoms with van der Waals surface area (Å²) < 4.78 is 12.8. The van der Waals surface area contributed by atoms with Crippen LogP contribution in [0.4, 0.5) is 10.3 Å². The lowest BCUT2D eigenvalue weighted by molar-refractivity contribution is -0.117. The number of rotatable bonds is 3. The number of nitrogens with one attached hydrogen (secondary N) is 1. The van der Waals surface area contributed by atoms with E-state index >= 15 is 0 Å². The predicted molar refractivity (Wildman–Crippen MR) is 98.6 cm³/mol. The number of anilines is 1. The zero-order valence-corrected chi connectivity index (χ0v) is 14.6. The van der Waals surface area contributed by atoms with Gasteiger partial charge in [-0.25, -0.2) is 14.4 Å². The fourth-order valence-corrected chi connectivity index (χ4v) is 3.30. The van der Waals surface area contributed by atoms with Crippen LogP contribution in [0, 0.1) is 5.82 Å². The summed E-state index contributed by atoms with van der Waals surface area (Å²) in [5, 5.41) is 2.48. The van der Waals surface area contributed by atoms with Crippen molar-refractivity contribution in [1.29, 1.82) is 0 Å². The molecule has 2 aliphatic rings. The third-order valence-corrected chi connectivity index (χ3v) is 4.69. The summed E-state index contributed by atoms with van der Waals surface area (Å²) in [4.78, 5) is 33.8. The molecule has 2 amide bonds. The summed E-state index contributed by atoms with van der Waals surface area (Å²) >= 11 is 0. The van der Waals surface area contributed by atoms with Crippen LogP contribution in [0.25, 0.3) is 0 Å². The number of fused-ring (bicyclic) bond motifs is 2. The van der Waals surface area contributed by atoms with Crippen molar-refractivity contribution in [3.63, 3.8) is 0 Å². The third-order valence-electron chi connectivity index (χ3n) is 4.69. The van der Waals surface area contributed by atoms with Crippen LogP contribution in [0.1, 0.15) is 30.2 Å². The first kappa shape index (κ1) is 18.3. The van der Waals surface area contributed by atoms with Gasteiger partial charge in [0.05, 0.1) is 12.4 Å². The van der Waals surface area contributed by atoms with Gasteiger partial charge in [-0.15, -0.1) is 12.4 Å². The number of benzene rings is 1. The number of nitrogens with zero attached hydrogens (tertiary/aromatic N) is 3. The van der Waals surface area contributed by atoms with Crippen LogP contribution in [-0.2, 0) is 10.2 Å². The first-order valence-corrected chi connectivity index (χ1v) is 7.94. The van der Waals surface area contributed by atoms with Crippen molar-refractivity contribution in [3.8, 4) is 0 Å². The first-order valence-electron chi connectivity index (χ1n) is 7.94. The molecule has 1 aromatic heterocycles. The van der Waals surface area contributed by atoms with Crippen LogP contribution < -0.4 is 10.8 Å². The molecule has 134 valence electrons. The van der Waals surface area contributed by atoms with Crippen molar-refractivity contribution in [3.05, 3.63) is 47.5 Å². The average molecular weight is 375 g/mol. The maximum Gasteiger partial charge on any atom is 0.254 e. The minimum absolute atomic E-state index is 0. The van der Waals surface area contributed by atoms with Gasteiger partial charge in [0.25, 0.3) is 5.91 Å². The molecule has 0 saturated heterocycles. The van der Waals surface area contributed by atoms with E-state index < -0.39 is 11.7 Å². The van der Waals surface area contributed by atoms with Crippen molar-refractivity contribution in [2.75, 3.05) is 18.4 Å². The van der Waals surface area contributed by atoms with E-state index in [1.165, 1.54) is 4.90 Å². The fraction of sp³-hybridized carbons (Fsp3) is 0.294. The largest absolute Gasteiger partial charge is 0.328 e. The molecule has 9 heteroatoms. The summed E-state index contributed by atoms with van der Waals surface area (Å²) in [7, 11) is 5.86. The van der Waals surface area contributed by atoms with E-state index in [9.17, 15) is 14.0 Å². The summed E-state index contributed by atoms with van der Waals surface area (Å²) in [5.74, 6) is -1.20. The molecule has 0 bridgehead atoms. The van der Waals surface area contributed by atoms with E-state index in [1.54, 1.807) is 12.1 Å². The number of halogens is 2. The van der Waals surface area contributed by atoms with Gasteiger partial charge in [0.2, 0.25) is 11.9 Å². The quantitative estimate of drug-likeness (QED) is 0.819. The van der Waals surface area contributed by atoms with Crippen molar-refractivity contribution in [1.82, 2.24) is 14.9 Å². The summed E-state index contributed by atoms with van der Waals surface area (Å²) in [6.45, 7) is 0.380. The summed E-state index contributed by atoms with van der Waals surface area (Å²) in [5.41, 5.74) is 2.13. The summed E-state index contributed by atoms with van der Waals surface area (Å²) in [6, 6.07) is 5.28. The van der Waals surface area contributed by atoms with E-state index in [2.05, 4.69) is 15.3 Å². The van der Waals surface area contributed by atoms with Crippen molar-refractivity contribution < 1.29 is 15.4 Å². The molecule has 1 aromatic carbocycles. The highest BCUT2D eigenvalue weighted by Crippen LogP contribution is 2.51. The van der Waals surface area contributed by atoms with Crippen molar-refractivity contribution >= 4 is 43.5 Å². The van der Waals surface area contributed by atoms with Crippen LogP contribution >= 0.6 is 12.4 Å². The zero-order chi connectivity index (χ0) is 17.6. The number of carbonyl (C=O) groups is 2. The molecule has 0 atom stereocenters. The molecular weight excluding hydrogens is 357 g/mol. The second-order valence-corrected chi connectivity index (χ2v) is 6.52. The monoisotopic (exact) mass is 374 g/mol. The molecule has 1 aliphatic heterocycles. The third kappa shape index (κ3) is 3.29. The summed E-state index contributed by atoms with van der Waals surface area (Å²) in [6.07, 6.45) is 3.87. The fourth-order valence-electron chi connectivity index (χ4n) is 3.30. The SMILES string of the molecule is Cl.[B]c1ccc2c(c1)C1(CC1)CN(CC(=O)Nc1ncc(F)cn1)C2=O.[HH]. The Labute approximate surface area is 158 Å². The van der Waals surface area contributed by atoms with E-state index in [4.69, 9.17) is 7.85 Å². The number of aromatic nitrogens is 2. The molecule has 4 rings (SSSR count). The van der Waals surface area contributed by atoms with E-state index in [0.29, 0.717) is 17.6 Å². The Kier molecular flexibility index (Phi) is 4.71. The average Bonchev–Trinajstić information content (AvgIpc) is 3.35. The number of amides is 2. The Morgan fingerprint density at radius 1 is 1.35 bits per heavy atom. The lowest BCUT2D eigenvalue weighted by Crippen LogP contribution is -2.47. The van der Waals surface area contributed by atoms with Gasteiger partial charge in [-0.2, -0.15) is 0 Å². The number of carbonyl (C=O) groups excluding carboxylic acids is 2. The van der Waals surface area contributed by atoms with Gasteiger partial charge in [-0.3, -0.25) is 14.9 Å².